The summed E-state index contributed by atoms with van der Waals surface area (Å²) in [5.41, 5.74) is -4.54. The van der Waals surface area contributed by atoms with Crippen molar-refractivity contribution in [3.8, 4) is 5.75 Å². The van der Waals surface area contributed by atoms with E-state index in [1.54, 1.807) is 0 Å². The summed E-state index contributed by atoms with van der Waals surface area (Å²) in [5.74, 6) is -2.18. The summed E-state index contributed by atoms with van der Waals surface area (Å²) >= 11 is 2.80. The van der Waals surface area contributed by atoms with E-state index in [4.69, 9.17) is 0 Å². The second kappa shape index (κ2) is 4.77. The number of rotatable bonds is 2. The summed E-state index contributed by atoms with van der Waals surface area (Å²) < 4.78 is 42.4. The zero-order chi connectivity index (χ0) is 14.1. The van der Waals surface area contributed by atoms with Crippen molar-refractivity contribution in [2.75, 3.05) is 7.11 Å². The van der Waals surface area contributed by atoms with E-state index in [1.807, 2.05) is 0 Å². The summed E-state index contributed by atoms with van der Waals surface area (Å²) in [6, 6.07) is 2.49. The predicted octanol–water partition coefficient (Wildman–Crippen LogP) is 2.08. The fourth-order valence-corrected chi connectivity index (χ4v) is 1.66. The molecular weight excluding hydrogens is 321 g/mol. The van der Waals surface area contributed by atoms with Crippen molar-refractivity contribution in [2.45, 2.75) is 11.8 Å². The van der Waals surface area contributed by atoms with Crippen LogP contribution in [0.25, 0.3) is 0 Å². The van der Waals surface area contributed by atoms with Crippen LogP contribution in [0.4, 0.5) is 13.2 Å². The molecule has 2 N–H and O–H groups in total. The summed E-state index contributed by atoms with van der Waals surface area (Å²) in [5, 5.41) is 18.8. The number of phenols is 1. The van der Waals surface area contributed by atoms with Crippen molar-refractivity contribution in [1.29, 1.82) is 0 Å². The lowest BCUT2D eigenvalue weighted by Gasteiger charge is -2.28. The molecule has 0 aromatic heterocycles. The molecule has 0 aliphatic heterocycles. The highest BCUT2D eigenvalue weighted by molar-refractivity contribution is 9.10. The molecule has 0 aliphatic rings. The SMILES string of the molecule is COC(=O)C(O)(c1ccc(O)c(Br)c1)C(F)(F)F. The van der Waals surface area contributed by atoms with Gasteiger partial charge in [-0.15, -0.1) is 0 Å². The van der Waals surface area contributed by atoms with Crippen molar-refractivity contribution in [3.05, 3.63) is 28.2 Å². The number of hydrogen-bond acceptors (Lipinski definition) is 4. The van der Waals surface area contributed by atoms with E-state index in [0.29, 0.717) is 0 Å². The molecule has 0 amide bonds. The number of carbonyl (C=O) groups is 1. The number of phenolic OH excluding ortho intramolecular Hbond substituents is 1. The first-order valence-corrected chi connectivity index (χ1v) is 5.30. The van der Waals surface area contributed by atoms with Gasteiger partial charge in [-0.25, -0.2) is 4.79 Å². The fourth-order valence-electron chi connectivity index (χ4n) is 1.28. The van der Waals surface area contributed by atoms with Gasteiger partial charge in [0.1, 0.15) is 5.75 Å². The lowest BCUT2D eigenvalue weighted by molar-refractivity contribution is -0.266. The minimum absolute atomic E-state index is 0.0911. The van der Waals surface area contributed by atoms with Gasteiger partial charge in [0.25, 0.3) is 5.60 Å². The Labute approximate surface area is 108 Å². The number of carbonyl (C=O) groups excluding carboxylic acids is 1. The van der Waals surface area contributed by atoms with Crippen LogP contribution in [-0.2, 0) is 15.1 Å². The van der Waals surface area contributed by atoms with Gasteiger partial charge in [-0.1, -0.05) is 6.07 Å². The summed E-state index contributed by atoms with van der Waals surface area (Å²) in [7, 11) is 0.731. The van der Waals surface area contributed by atoms with Crippen LogP contribution in [0.5, 0.6) is 5.75 Å². The van der Waals surface area contributed by atoms with Crippen molar-refractivity contribution >= 4 is 21.9 Å². The number of hydrogen-bond donors (Lipinski definition) is 2. The minimum atomic E-state index is -5.25. The van der Waals surface area contributed by atoms with E-state index in [9.17, 15) is 28.2 Å². The minimum Gasteiger partial charge on any atom is -0.507 e. The third kappa shape index (κ3) is 2.30. The number of benzene rings is 1. The van der Waals surface area contributed by atoms with Gasteiger partial charge >= 0.3 is 12.1 Å². The van der Waals surface area contributed by atoms with Crippen molar-refractivity contribution in [3.63, 3.8) is 0 Å². The van der Waals surface area contributed by atoms with Gasteiger partial charge in [0, 0.05) is 5.56 Å². The quantitative estimate of drug-likeness (QED) is 0.816. The van der Waals surface area contributed by atoms with E-state index < -0.39 is 23.3 Å². The molecular formula is C10H8BrF3O4. The smallest absolute Gasteiger partial charge is 0.432 e. The predicted molar refractivity (Wildman–Crippen MR) is 57.8 cm³/mol. The maximum Gasteiger partial charge on any atom is 0.432 e. The van der Waals surface area contributed by atoms with E-state index in [2.05, 4.69) is 20.7 Å². The molecule has 1 unspecified atom stereocenters. The highest BCUT2D eigenvalue weighted by Crippen LogP contribution is 2.41. The number of halogens is 4. The molecule has 1 atom stereocenters. The van der Waals surface area contributed by atoms with E-state index in [0.717, 1.165) is 25.3 Å². The zero-order valence-corrected chi connectivity index (χ0v) is 10.5. The van der Waals surface area contributed by atoms with Crippen LogP contribution < -0.4 is 0 Å². The van der Waals surface area contributed by atoms with Gasteiger partial charge in [-0.3, -0.25) is 0 Å². The van der Waals surface area contributed by atoms with Gasteiger partial charge < -0.3 is 14.9 Å². The molecule has 4 nitrogen and oxygen atoms in total. The van der Waals surface area contributed by atoms with Crippen molar-refractivity contribution < 1.29 is 32.9 Å². The zero-order valence-electron chi connectivity index (χ0n) is 8.95. The Morgan fingerprint density at radius 2 is 1.94 bits per heavy atom. The number of ether oxygens (including phenoxy) is 1. The Morgan fingerprint density at radius 1 is 1.39 bits per heavy atom. The molecule has 0 fully saturated rings. The molecule has 0 aliphatic carbocycles. The van der Waals surface area contributed by atoms with Crippen LogP contribution in [0.2, 0.25) is 0 Å². The largest absolute Gasteiger partial charge is 0.507 e. The van der Waals surface area contributed by atoms with Gasteiger partial charge in [0.05, 0.1) is 11.6 Å². The van der Waals surface area contributed by atoms with Crippen LogP contribution in [0.15, 0.2) is 22.7 Å². The van der Waals surface area contributed by atoms with Crippen molar-refractivity contribution in [2.24, 2.45) is 0 Å². The average molecular weight is 329 g/mol. The first kappa shape index (κ1) is 14.8. The Balaban J connectivity index is 3.45. The van der Waals surface area contributed by atoms with Crippen LogP contribution in [0, 0.1) is 0 Å². The highest BCUT2D eigenvalue weighted by Gasteiger charge is 2.62. The lowest BCUT2D eigenvalue weighted by atomic mass is 9.93. The Kier molecular flexibility index (Phi) is 3.92. The standard InChI is InChI=1S/C10H8BrF3O4/c1-18-8(16)9(17,10(12,13)14)5-2-3-7(15)6(11)4-5/h2-4,15,17H,1H3. The van der Waals surface area contributed by atoms with E-state index in [-0.39, 0.29) is 10.2 Å². The molecule has 1 rings (SSSR count). The Bertz CT molecular complexity index is 475. The monoisotopic (exact) mass is 328 g/mol. The fraction of sp³-hybridized carbons (Fsp3) is 0.300. The molecule has 0 saturated heterocycles. The van der Waals surface area contributed by atoms with E-state index >= 15 is 0 Å². The van der Waals surface area contributed by atoms with Gasteiger partial charge in [-0.05, 0) is 28.1 Å². The Morgan fingerprint density at radius 3 is 2.33 bits per heavy atom. The molecule has 0 saturated carbocycles. The van der Waals surface area contributed by atoms with Gasteiger partial charge in [0.15, 0.2) is 0 Å². The molecule has 8 heteroatoms. The van der Waals surface area contributed by atoms with Gasteiger partial charge in [-0.2, -0.15) is 13.2 Å². The summed E-state index contributed by atoms with van der Waals surface area (Å²) in [6.45, 7) is 0. The summed E-state index contributed by atoms with van der Waals surface area (Å²) in [6.07, 6.45) is -5.25. The molecule has 0 spiro atoms. The third-order valence-electron chi connectivity index (χ3n) is 2.26. The third-order valence-corrected chi connectivity index (χ3v) is 2.89. The normalized spacial score (nSPS) is 15.0. The van der Waals surface area contributed by atoms with Crippen LogP contribution in [0.1, 0.15) is 5.56 Å². The first-order valence-electron chi connectivity index (χ1n) is 4.51. The van der Waals surface area contributed by atoms with Gasteiger partial charge in [0.2, 0.25) is 0 Å². The van der Waals surface area contributed by atoms with Crippen molar-refractivity contribution in [1.82, 2.24) is 0 Å². The van der Waals surface area contributed by atoms with Crippen LogP contribution in [0.3, 0.4) is 0 Å². The summed E-state index contributed by atoms with van der Waals surface area (Å²) in [4.78, 5) is 11.2. The number of aliphatic hydroxyl groups is 1. The maximum absolute atomic E-state index is 12.8. The Hall–Kier alpha value is -1.28. The maximum atomic E-state index is 12.8. The lowest BCUT2D eigenvalue weighted by Crippen LogP contribution is -2.49. The molecule has 1 aromatic rings. The van der Waals surface area contributed by atoms with E-state index in [1.165, 1.54) is 0 Å². The number of alkyl halides is 3. The number of methoxy groups -OCH3 is 1. The average Bonchev–Trinajstić information content (AvgIpc) is 2.29. The molecule has 1 aromatic carbocycles. The van der Waals surface area contributed by atoms with Crippen LogP contribution >= 0.6 is 15.9 Å². The second-order valence-electron chi connectivity index (χ2n) is 3.37. The topological polar surface area (TPSA) is 66.8 Å². The second-order valence-corrected chi connectivity index (χ2v) is 4.22. The molecule has 0 bridgehead atoms. The number of aromatic hydroxyl groups is 1. The number of esters is 1. The molecule has 100 valence electrons. The molecule has 0 radical (unpaired) electrons. The highest BCUT2D eigenvalue weighted by atomic mass is 79.9. The van der Waals surface area contributed by atoms with Crippen LogP contribution in [-0.4, -0.2) is 29.5 Å². The first-order chi connectivity index (χ1) is 8.14. The molecule has 18 heavy (non-hydrogen) atoms. The molecule has 0 heterocycles.